The van der Waals surface area contributed by atoms with Gasteiger partial charge >= 0.3 is 5.97 Å². The topological polar surface area (TPSA) is 26.3 Å². The number of halogens is 1. The number of benzene rings is 1. The number of esters is 1. The molecule has 0 unspecified atom stereocenters. The van der Waals surface area contributed by atoms with Gasteiger partial charge in [-0.1, -0.05) is 34.1 Å². The second-order valence-corrected chi connectivity index (χ2v) is 3.96. The van der Waals surface area contributed by atoms with E-state index in [1.54, 1.807) is 0 Å². The van der Waals surface area contributed by atoms with E-state index in [0.717, 1.165) is 16.5 Å². The highest BCUT2D eigenvalue weighted by Crippen LogP contribution is 2.21. The van der Waals surface area contributed by atoms with Crippen LogP contribution in [0, 0.1) is 0 Å². The molecule has 1 heterocycles. The molecule has 1 aromatic carbocycles. The molecule has 3 heteroatoms. The van der Waals surface area contributed by atoms with Gasteiger partial charge in [0.05, 0.1) is 12.2 Å². The van der Waals surface area contributed by atoms with Crippen LogP contribution in [0.15, 0.2) is 34.8 Å². The summed E-state index contributed by atoms with van der Waals surface area (Å²) in [5.41, 5.74) is 1.58. The predicted molar refractivity (Wildman–Crippen MR) is 57.7 cm³/mol. The van der Waals surface area contributed by atoms with Crippen molar-refractivity contribution in [3.05, 3.63) is 40.4 Å². The average molecular weight is 253 g/mol. The fourth-order valence-corrected chi connectivity index (χ4v) is 1.65. The van der Waals surface area contributed by atoms with Crippen LogP contribution in [0.1, 0.15) is 12.0 Å². The molecule has 0 spiro atoms. The monoisotopic (exact) mass is 252 g/mol. The van der Waals surface area contributed by atoms with Crippen molar-refractivity contribution in [3.63, 3.8) is 0 Å². The highest BCUT2D eigenvalue weighted by Gasteiger charge is 2.16. The van der Waals surface area contributed by atoms with E-state index in [0.29, 0.717) is 12.2 Å². The molecule has 0 atom stereocenters. The van der Waals surface area contributed by atoms with Gasteiger partial charge in [-0.3, -0.25) is 0 Å². The third-order valence-corrected chi connectivity index (χ3v) is 2.60. The molecule has 14 heavy (non-hydrogen) atoms. The number of cyclic esters (lactones) is 1. The smallest absolute Gasteiger partial charge is 0.338 e. The van der Waals surface area contributed by atoms with Crippen molar-refractivity contribution in [3.8, 4) is 0 Å². The molecular weight excluding hydrogens is 244 g/mol. The molecule has 0 saturated carbocycles. The van der Waals surface area contributed by atoms with Crippen LogP contribution in [0.2, 0.25) is 0 Å². The van der Waals surface area contributed by atoms with Gasteiger partial charge in [0.1, 0.15) is 0 Å². The first-order valence-electron chi connectivity index (χ1n) is 4.40. The van der Waals surface area contributed by atoms with Gasteiger partial charge in [-0.25, -0.2) is 4.79 Å². The van der Waals surface area contributed by atoms with Gasteiger partial charge in [0, 0.05) is 10.9 Å². The second-order valence-electron chi connectivity index (χ2n) is 3.05. The zero-order chi connectivity index (χ0) is 9.97. The fourth-order valence-electron chi connectivity index (χ4n) is 1.38. The Kier molecular flexibility index (Phi) is 2.68. The fraction of sp³-hybridized carbons (Fsp3) is 0.182. The van der Waals surface area contributed by atoms with Crippen molar-refractivity contribution < 1.29 is 9.53 Å². The normalized spacial score (nSPS) is 16.1. The van der Waals surface area contributed by atoms with Crippen LogP contribution in [0.4, 0.5) is 0 Å². The van der Waals surface area contributed by atoms with Crippen LogP contribution in [0.3, 0.4) is 0 Å². The van der Waals surface area contributed by atoms with Gasteiger partial charge in [0.15, 0.2) is 0 Å². The number of hydrogen-bond acceptors (Lipinski definition) is 2. The molecule has 0 N–H and O–H groups in total. The molecule has 0 fully saturated rings. The summed E-state index contributed by atoms with van der Waals surface area (Å²) in [4.78, 5) is 11.4. The minimum atomic E-state index is -0.224. The van der Waals surface area contributed by atoms with E-state index in [1.807, 2.05) is 30.3 Å². The summed E-state index contributed by atoms with van der Waals surface area (Å²) in [5.74, 6) is -0.224. The van der Waals surface area contributed by atoms with E-state index >= 15 is 0 Å². The number of ether oxygens (including phenoxy) is 1. The molecular formula is C11H9BrO2. The summed E-state index contributed by atoms with van der Waals surface area (Å²) in [6.07, 6.45) is 2.73. The first-order chi connectivity index (χ1) is 6.77. The quantitative estimate of drug-likeness (QED) is 0.719. The molecule has 2 nitrogen and oxygen atoms in total. The zero-order valence-corrected chi connectivity index (χ0v) is 9.08. The lowest BCUT2D eigenvalue weighted by atomic mass is 10.0. The molecule has 0 aromatic heterocycles. The largest absolute Gasteiger partial charge is 0.462 e. The Balaban J connectivity index is 2.34. The van der Waals surface area contributed by atoms with Crippen molar-refractivity contribution >= 4 is 27.5 Å². The highest BCUT2D eigenvalue weighted by molar-refractivity contribution is 9.10. The highest BCUT2D eigenvalue weighted by atomic mass is 79.9. The molecule has 0 amide bonds. The van der Waals surface area contributed by atoms with Gasteiger partial charge in [0.2, 0.25) is 0 Å². The summed E-state index contributed by atoms with van der Waals surface area (Å²) >= 11 is 3.35. The summed E-state index contributed by atoms with van der Waals surface area (Å²) < 4.78 is 5.96. The Hall–Kier alpha value is -1.09. The van der Waals surface area contributed by atoms with Crippen LogP contribution >= 0.6 is 15.9 Å². The maximum atomic E-state index is 11.4. The van der Waals surface area contributed by atoms with Crippen molar-refractivity contribution in [2.24, 2.45) is 0 Å². The third-order valence-electron chi connectivity index (χ3n) is 2.07. The van der Waals surface area contributed by atoms with Crippen molar-refractivity contribution in [2.45, 2.75) is 6.42 Å². The number of carbonyl (C=O) groups excluding carboxylic acids is 1. The molecule has 0 radical (unpaired) electrons. The molecule has 1 aliphatic rings. The summed E-state index contributed by atoms with van der Waals surface area (Å²) in [5, 5.41) is 0. The molecule has 72 valence electrons. The van der Waals surface area contributed by atoms with Crippen LogP contribution in [0.5, 0.6) is 0 Å². The van der Waals surface area contributed by atoms with Crippen LogP contribution in [-0.2, 0) is 9.53 Å². The Bertz CT molecular complexity index is 379. The van der Waals surface area contributed by atoms with E-state index < -0.39 is 0 Å². The maximum absolute atomic E-state index is 11.4. The standard InChI is InChI=1S/C11H9BrO2/c12-9-5-3-8(4-6-9)10-2-1-7-14-11(10)13/h2-6H,1,7H2. The molecule has 1 aromatic rings. The van der Waals surface area contributed by atoms with Gasteiger partial charge in [-0.15, -0.1) is 0 Å². The summed E-state index contributed by atoms with van der Waals surface area (Å²) in [6.45, 7) is 0.499. The van der Waals surface area contributed by atoms with E-state index in [2.05, 4.69) is 15.9 Å². The Morgan fingerprint density at radius 2 is 1.93 bits per heavy atom. The Labute approximate surface area is 90.7 Å². The van der Waals surface area contributed by atoms with E-state index in [4.69, 9.17) is 4.74 Å². The minimum absolute atomic E-state index is 0.224. The number of hydrogen-bond donors (Lipinski definition) is 0. The molecule has 0 saturated heterocycles. The van der Waals surface area contributed by atoms with Crippen LogP contribution in [-0.4, -0.2) is 12.6 Å². The SMILES string of the molecule is O=C1OCCC=C1c1ccc(Br)cc1. The lowest BCUT2D eigenvalue weighted by Gasteiger charge is -2.12. The van der Waals surface area contributed by atoms with Crippen LogP contribution < -0.4 is 0 Å². The lowest BCUT2D eigenvalue weighted by molar-refractivity contribution is -0.137. The van der Waals surface area contributed by atoms with E-state index in [1.165, 1.54) is 0 Å². The zero-order valence-electron chi connectivity index (χ0n) is 7.50. The lowest BCUT2D eigenvalue weighted by Crippen LogP contribution is -2.12. The van der Waals surface area contributed by atoms with Crippen LogP contribution in [0.25, 0.3) is 5.57 Å². The summed E-state index contributed by atoms with van der Waals surface area (Å²) in [6, 6.07) is 7.64. The number of carbonyl (C=O) groups is 1. The maximum Gasteiger partial charge on any atom is 0.338 e. The Morgan fingerprint density at radius 1 is 1.21 bits per heavy atom. The van der Waals surface area contributed by atoms with Gasteiger partial charge in [0.25, 0.3) is 0 Å². The molecule has 0 aliphatic carbocycles. The molecule has 1 aliphatic heterocycles. The summed E-state index contributed by atoms with van der Waals surface area (Å²) in [7, 11) is 0. The Morgan fingerprint density at radius 3 is 2.57 bits per heavy atom. The van der Waals surface area contributed by atoms with Gasteiger partial charge < -0.3 is 4.74 Å². The first-order valence-corrected chi connectivity index (χ1v) is 5.20. The average Bonchev–Trinajstić information content (AvgIpc) is 2.20. The molecule has 0 bridgehead atoms. The van der Waals surface area contributed by atoms with E-state index in [-0.39, 0.29) is 5.97 Å². The van der Waals surface area contributed by atoms with E-state index in [9.17, 15) is 4.79 Å². The number of rotatable bonds is 1. The third kappa shape index (κ3) is 1.87. The molecule has 2 rings (SSSR count). The first kappa shape index (κ1) is 9.46. The van der Waals surface area contributed by atoms with Crippen molar-refractivity contribution in [1.29, 1.82) is 0 Å². The van der Waals surface area contributed by atoms with Crippen molar-refractivity contribution in [1.82, 2.24) is 0 Å². The van der Waals surface area contributed by atoms with Gasteiger partial charge in [-0.05, 0) is 17.7 Å². The predicted octanol–water partition coefficient (Wildman–Crippen LogP) is 2.78. The second kappa shape index (κ2) is 3.96. The minimum Gasteiger partial charge on any atom is -0.462 e. The van der Waals surface area contributed by atoms with Crippen molar-refractivity contribution in [2.75, 3.05) is 6.61 Å². The van der Waals surface area contributed by atoms with Gasteiger partial charge in [-0.2, -0.15) is 0 Å².